The van der Waals surface area contributed by atoms with Gasteiger partial charge in [-0.3, -0.25) is 14.2 Å². The number of amides is 1. The fourth-order valence-corrected chi connectivity index (χ4v) is 4.15. The number of hydrogen-bond acceptors (Lipinski definition) is 7. The average Bonchev–Trinajstić information content (AvgIpc) is 2.79. The molecule has 1 amide bonds. The number of carbonyl (C=O) groups excluding carboxylic acids is 1. The molecule has 0 unspecified atom stereocenters. The molecular weight excluding hydrogens is 394 g/mol. The van der Waals surface area contributed by atoms with Gasteiger partial charge >= 0.3 is 0 Å². The molecule has 2 fully saturated rings. The van der Waals surface area contributed by atoms with Crippen LogP contribution in [0, 0.1) is 20.8 Å². The minimum atomic E-state index is -0.152. The van der Waals surface area contributed by atoms with E-state index in [2.05, 4.69) is 19.8 Å². The number of anilines is 2. The molecule has 0 aromatic carbocycles. The number of nitrogens with zero attached hydrogens (tertiary/aromatic N) is 7. The Hall–Kier alpha value is -2.97. The van der Waals surface area contributed by atoms with Gasteiger partial charge in [0.1, 0.15) is 12.4 Å². The lowest BCUT2D eigenvalue weighted by atomic mass is 10.1. The minimum absolute atomic E-state index is 0.0265. The molecule has 0 radical (unpaired) electrons. The van der Waals surface area contributed by atoms with Crippen molar-refractivity contribution in [3.05, 3.63) is 39.7 Å². The smallest absolute Gasteiger partial charge is 0.256 e. The summed E-state index contributed by atoms with van der Waals surface area (Å²) >= 11 is 0. The average molecular weight is 426 g/mol. The highest BCUT2D eigenvalue weighted by molar-refractivity contribution is 5.76. The molecule has 2 aliphatic rings. The van der Waals surface area contributed by atoms with Crippen molar-refractivity contribution in [2.45, 2.75) is 46.6 Å². The number of aryl methyl sites for hydroxylation is 2. The van der Waals surface area contributed by atoms with Gasteiger partial charge in [0, 0.05) is 62.3 Å². The number of carbonyl (C=O) groups is 1. The van der Waals surface area contributed by atoms with Crippen LogP contribution in [0.25, 0.3) is 0 Å². The summed E-state index contributed by atoms with van der Waals surface area (Å²) in [7, 11) is 0. The second kappa shape index (κ2) is 9.03. The Balaban J connectivity index is 1.39. The van der Waals surface area contributed by atoms with Crippen molar-refractivity contribution >= 4 is 17.7 Å². The molecule has 2 aromatic heterocycles. The van der Waals surface area contributed by atoms with E-state index in [0.29, 0.717) is 37.4 Å². The van der Waals surface area contributed by atoms with Crippen LogP contribution in [0.15, 0.2) is 17.2 Å². The Labute approximate surface area is 182 Å². The van der Waals surface area contributed by atoms with Gasteiger partial charge in [-0.05, 0) is 40.0 Å². The summed E-state index contributed by atoms with van der Waals surface area (Å²) in [4.78, 5) is 45.1. The summed E-state index contributed by atoms with van der Waals surface area (Å²) in [6, 6.07) is 2.02. The molecule has 2 aliphatic heterocycles. The quantitative estimate of drug-likeness (QED) is 0.730. The van der Waals surface area contributed by atoms with Crippen LogP contribution in [0.1, 0.15) is 36.2 Å². The second-order valence-electron chi connectivity index (χ2n) is 8.47. The fraction of sp³-hybridized carbons (Fsp3) is 0.591. The molecule has 4 heterocycles. The molecule has 2 aromatic rings. The molecule has 0 N–H and O–H groups in total. The SMILES string of the molecule is Cc1cc(N2CCN(C(=O)Cn3cnc(C)c(C)c3=O)CC2)nc(N2CCCCC2)n1. The Bertz CT molecular complexity index is 1010. The zero-order chi connectivity index (χ0) is 22.0. The summed E-state index contributed by atoms with van der Waals surface area (Å²) in [6.45, 7) is 10.2. The summed E-state index contributed by atoms with van der Waals surface area (Å²) in [5, 5.41) is 0. The molecule has 4 rings (SSSR count). The minimum Gasteiger partial charge on any atom is -0.353 e. The van der Waals surface area contributed by atoms with Crippen molar-refractivity contribution in [2.24, 2.45) is 0 Å². The van der Waals surface area contributed by atoms with Crippen LogP contribution in [0.4, 0.5) is 11.8 Å². The van der Waals surface area contributed by atoms with Gasteiger partial charge in [-0.15, -0.1) is 0 Å². The van der Waals surface area contributed by atoms with Gasteiger partial charge in [-0.2, -0.15) is 4.98 Å². The van der Waals surface area contributed by atoms with Gasteiger partial charge < -0.3 is 14.7 Å². The Kier molecular flexibility index (Phi) is 6.20. The largest absolute Gasteiger partial charge is 0.353 e. The van der Waals surface area contributed by atoms with Gasteiger partial charge in [-0.25, -0.2) is 9.97 Å². The van der Waals surface area contributed by atoms with Crippen molar-refractivity contribution in [2.75, 3.05) is 49.1 Å². The predicted molar refractivity (Wildman–Crippen MR) is 120 cm³/mol. The second-order valence-corrected chi connectivity index (χ2v) is 8.47. The lowest BCUT2D eigenvalue weighted by Gasteiger charge is -2.36. The van der Waals surface area contributed by atoms with Gasteiger partial charge in [0.15, 0.2) is 0 Å². The highest BCUT2D eigenvalue weighted by Crippen LogP contribution is 2.21. The molecule has 0 spiro atoms. The van der Waals surface area contributed by atoms with E-state index in [1.54, 1.807) is 13.8 Å². The van der Waals surface area contributed by atoms with E-state index in [1.807, 2.05) is 17.9 Å². The monoisotopic (exact) mass is 425 g/mol. The first-order valence-corrected chi connectivity index (χ1v) is 11.1. The van der Waals surface area contributed by atoms with Crippen LogP contribution in [0.2, 0.25) is 0 Å². The predicted octanol–water partition coefficient (Wildman–Crippen LogP) is 1.30. The van der Waals surface area contributed by atoms with Gasteiger partial charge in [-0.1, -0.05) is 0 Å². The van der Waals surface area contributed by atoms with Crippen molar-refractivity contribution in [3.8, 4) is 0 Å². The number of piperidine rings is 1. The van der Waals surface area contributed by atoms with Crippen LogP contribution in [0.3, 0.4) is 0 Å². The maximum atomic E-state index is 12.8. The van der Waals surface area contributed by atoms with Crippen molar-refractivity contribution in [3.63, 3.8) is 0 Å². The van der Waals surface area contributed by atoms with Gasteiger partial charge in [0.2, 0.25) is 11.9 Å². The third kappa shape index (κ3) is 4.70. The normalized spacial score (nSPS) is 17.2. The zero-order valence-electron chi connectivity index (χ0n) is 18.7. The third-order valence-corrected chi connectivity index (χ3v) is 6.24. The Morgan fingerprint density at radius 3 is 2.35 bits per heavy atom. The molecule has 0 atom stereocenters. The van der Waals surface area contributed by atoms with E-state index >= 15 is 0 Å². The fourth-order valence-electron chi connectivity index (χ4n) is 4.15. The van der Waals surface area contributed by atoms with Gasteiger partial charge in [0.25, 0.3) is 5.56 Å². The molecular formula is C22H31N7O2. The summed E-state index contributed by atoms with van der Waals surface area (Å²) < 4.78 is 1.40. The van der Waals surface area contributed by atoms with E-state index in [0.717, 1.165) is 30.5 Å². The number of hydrogen-bond donors (Lipinski definition) is 0. The van der Waals surface area contributed by atoms with Crippen molar-refractivity contribution in [1.29, 1.82) is 0 Å². The lowest BCUT2D eigenvalue weighted by molar-refractivity contribution is -0.132. The highest BCUT2D eigenvalue weighted by Gasteiger charge is 2.24. The molecule has 0 saturated carbocycles. The van der Waals surface area contributed by atoms with E-state index in [-0.39, 0.29) is 18.0 Å². The van der Waals surface area contributed by atoms with Crippen molar-refractivity contribution < 1.29 is 4.79 Å². The first-order valence-electron chi connectivity index (χ1n) is 11.1. The van der Waals surface area contributed by atoms with E-state index in [4.69, 9.17) is 4.98 Å². The molecule has 0 bridgehead atoms. The van der Waals surface area contributed by atoms with E-state index < -0.39 is 0 Å². The molecule has 2 saturated heterocycles. The molecule has 166 valence electrons. The third-order valence-electron chi connectivity index (χ3n) is 6.24. The van der Waals surface area contributed by atoms with Crippen LogP contribution >= 0.6 is 0 Å². The maximum absolute atomic E-state index is 12.8. The Morgan fingerprint density at radius 1 is 0.935 bits per heavy atom. The summed E-state index contributed by atoms with van der Waals surface area (Å²) in [6.07, 6.45) is 5.11. The van der Waals surface area contributed by atoms with Crippen LogP contribution in [-0.4, -0.2) is 69.6 Å². The molecule has 0 aliphatic carbocycles. The standard InChI is InChI=1S/C22H31N7O2/c1-16-13-19(25-22(24-16)28-7-5-4-6-8-28)26-9-11-27(12-10-26)20(30)14-29-15-23-18(3)17(2)21(29)31/h13,15H,4-12,14H2,1-3H3. The lowest BCUT2D eigenvalue weighted by Crippen LogP contribution is -2.50. The summed E-state index contributed by atoms with van der Waals surface area (Å²) in [5.41, 5.74) is 2.10. The zero-order valence-corrected chi connectivity index (χ0v) is 18.7. The molecule has 31 heavy (non-hydrogen) atoms. The Morgan fingerprint density at radius 2 is 1.65 bits per heavy atom. The topological polar surface area (TPSA) is 87.5 Å². The number of piperazine rings is 1. The van der Waals surface area contributed by atoms with Crippen molar-refractivity contribution in [1.82, 2.24) is 24.4 Å². The maximum Gasteiger partial charge on any atom is 0.256 e. The van der Waals surface area contributed by atoms with Crippen LogP contribution in [-0.2, 0) is 11.3 Å². The van der Waals surface area contributed by atoms with E-state index in [1.165, 1.54) is 30.2 Å². The summed E-state index contributed by atoms with van der Waals surface area (Å²) in [5.74, 6) is 1.68. The number of rotatable bonds is 4. The van der Waals surface area contributed by atoms with Crippen LogP contribution < -0.4 is 15.4 Å². The first kappa shape index (κ1) is 21.3. The number of aromatic nitrogens is 4. The van der Waals surface area contributed by atoms with Crippen LogP contribution in [0.5, 0.6) is 0 Å². The first-order chi connectivity index (χ1) is 14.9. The molecule has 9 nitrogen and oxygen atoms in total. The molecule has 9 heteroatoms. The van der Waals surface area contributed by atoms with E-state index in [9.17, 15) is 9.59 Å². The highest BCUT2D eigenvalue weighted by atomic mass is 16.2. The van der Waals surface area contributed by atoms with Gasteiger partial charge in [0.05, 0.1) is 6.33 Å².